The molecule has 1 heterocycles. The van der Waals surface area contributed by atoms with Crippen molar-refractivity contribution < 1.29 is 14.3 Å². The molecule has 1 saturated heterocycles. The predicted octanol–water partition coefficient (Wildman–Crippen LogP) is 4.26. The predicted molar refractivity (Wildman–Crippen MR) is 108 cm³/mol. The van der Waals surface area contributed by atoms with Crippen LogP contribution in [0.4, 0.5) is 4.79 Å². The molecule has 0 spiro atoms. The maximum absolute atomic E-state index is 12.5. The Morgan fingerprint density at radius 2 is 1.74 bits per heavy atom. The quantitative estimate of drug-likeness (QED) is 0.838. The number of amides is 2. The summed E-state index contributed by atoms with van der Waals surface area (Å²) in [6, 6.07) is 8.63. The Balaban J connectivity index is 1.72. The number of rotatable bonds is 5. The van der Waals surface area contributed by atoms with Crippen molar-refractivity contribution in [2.24, 2.45) is 0 Å². The molecule has 0 aromatic heterocycles. The summed E-state index contributed by atoms with van der Waals surface area (Å²) in [7, 11) is 0. The van der Waals surface area contributed by atoms with Gasteiger partial charge in [-0.3, -0.25) is 4.79 Å². The molecule has 2 rings (SSSR count). The van der Waals surface area contributed by atoms with Crippen LogP contribution < -0.4 is 5.32 Å². The molecule has 27 heavy (non-hydrogen) atoms. The van der Waals surface area contributed by atoms with Crippen LogP contribution in [0.25, 0.3) is 0 Å². The van der Waals surface area contributed by atoms with Crippen LogP contribution in [0.5, 0.6) is 0 Å². The number of piperidine rings is 1. The van der Waals surface area contributed by atoms with Crippen LogP contribution in [0.3, 0.4) is 0 Å². The Morgan fingerprint density at radius 1 is 1.15 bits per heavy atom. The molecule has 0 unspecified atom stereocenters. The minimum Gasteiger partial charge on any atom is -0.444 e. The number of hydrogen-bond donors (Lipinski definition) is 1. The normalized spacial score (nSPS) is 15.7. The molecule has 5 nitrogen and oxygen atoms in total. The van der Waals surface area contributed by atoms with Gasteiger partial charge in [0.25, 0.3) is 0 Å². The summed E-state index contributed by atoms with van der Waals surface area (Å²) in [4.78, 5) is 26.2. The fourth-order valence-corrected chi connectivity index (χ4v) is 3.23. The molecular weight excluding hydrogens is 340 g/mol. The zero-order valence-corrected chi connectivity index (χ0v) is 17.4. The molecular formula is C22H34N2O3. The first-order chi connectivity index (χ1) is 12.6. The molecule has 1 aromatic rings. The Bertz CT molecular complexity index is 624. The van der Waals surface area contributed by atoms with Crippen molar-refractivity contribution >= 4 is 12.0 Å². The number of carbonyl (C=O) groups is 2. The Kier molecular flexibility index (Phi) is 7.28. The molecule has 0 bridgehead atoms. The Morgan fingerprint density at radius 3 is 2.26 bits per heavy atom. The lowest BCUT2D eigenvalue weighted by Gasteiger charge is -2.33. The highest BCUT2D eigenvalue weighted by Gasteiger charge is 2.25. The van der Waals surface area contributed by atoms with Crippen LogP contribution in [0.15, 0.2) is 24.3 Å². The number of benzene rings is 1. The van der Waals surface area contributed by atoms with Crippen LogP contribution in [0.1, 0.15) is 70.9 Å². The number of carbonyl (C=O) groups excluding carboxylic acids is 2. The number of alkyl carbamates (subject to hydrolysis) is 1. The lowest BCUT2D eigenvalue weighted by molar-refractivity contribution is -0.132. The van der Waals surface area contributed by atoms with E-state index in [1.807, 2.05) is 25.7 Å². The molecule has 1 aliphatic heterocycles. The first kappa shape index (κ1) is 21.3. The van der Waals surface area contributed by atoms with E-state index in [1.165, 1.54) is 11.1 Å². The summed E-state index contributed by atoms with van der Waals surface area (Å²) < 4.78 is 5.29. The topological polar surface area (TPSA) is 58.6 Å². The highest BCUT2D eigenvalue weighted by Crippen LogP contribution is 2.17. The average Bonchev–Trinajstić information content (AvgIpc) is 2.59. The first-order valence-electron chi connectivity index (χ1n) is 10.00. The second-order valence-corrected chi connectivity index (χ2v) is 8.70. The van der Waals surface area contributed by atoms with Gasteiger partial charge in [-0.05, 0) is 57.1 Å². The lowest BCUT2D eigenvalue weighted by Crippen LogP contribution is -2.47. The maximum atomic E-state index is 12.5. The molecule has 1 fully saturated rings. The van der Waals surface area contributed by atoms with Gasteiger partial charge in [-0.15, -0.1) is 0 Å². The van der Waals surface area contributed by atoms with E-state index < -0.39 is 5.60 Å². The van der Waals surface area contributed by atoms with Crippen LogP contribution in [0.2, 0.25) is 0 Å². The number of aryl methyl sites for hydroxylation is 1. The summed E-state index contributed by atoms with van der Waals surface area (Å²) in [5.74, 6) is 0.718. The second kappa shape index (κ2) is 9.25. The third-order valence-electron chi connectivity index (χ3n) is 4.84. The summed E-state index contributed by atoms with van der Waals surface area (Å²) >= 11 is 0. The van der Waals surface area contributed by atoms with Crippen molar-refractivity contribution in [3.8, 4) is 0 Å². The monoisotopic (exact) mass is 374 g/mol. The van der Waals surface area contributed by atoms with E-state index in [0.717, 1.165) is 19.3 Å². The molecule has 150 valence electrons. The van der Waals surface area contributed by atoms with Gasteiger partial charge in [0.1, 0.15) is 5.60 Å². The standard InChI is InChI=1S/C22H34N2O3/c1-16(2)18-9-6-17(7-10-18)8-11-20(25)24-14-12-19(13-15-24)23-21(26)27-22(3,4)5/h6-7,9-10,16,19H,8,11-15H2,1-5H3,(H,23,26). The second-order valence-electron chi connectivity index (χ2n) is 8.70. The molecule has 1 N–H and O–H groups in total. The van der Waals surface area contributed by atoms with E-state index in [4.69, 9.17) is 4.74 Å². The van der Waals surface area contributed by atoms with Crippen LogP contribution in [-0.2, 0) is 16.0 Å². The number of ether oxygens (including phenoxy) is 1. The van der Waals surface area contributed by atoms with Gasteiger partial charge >= 0.3 is 6.09 Å². The van der Waals surface area contributed by atoms with E-state index in [2.05, 4.69) is 43.4 Å². The van der Waals surface area contributed by atoms with Gasteiger partial charge in [0, 0.05) is 25.6 Å². The SMILES string of the molecule is CC(C)c1ccc(CCC(=O)N2CCC(NC(=O)OC(C)(C)C)CC2)cc1. The van der Waals surface area contributed by atoms with Crippen LogP contribution >= 0.6 is 0 Å². The zero-order valence-electron chi connectivity index (χ0n) is 17.4. The average molecular weight is 375 g/mol. The fraction of sp³-hybridized carbons (Fsp3) is 0.636. The number of nitrogens with zero attached hydrogens (tertiary/aromatic N) is 1. The van der Waals surface area contributed by atoms with Crippen molar-refractivity contribution in [3.63, 3.8) is 0 Å². The Labute approximate surface area is 163 Å². The molecule has 5 heteroatoms. The van der Waals surface area contributed by atoms with Crippen molar-refractivity contribution in [2.45, 2.75) is 77.9 Å². The maximum Gasteiger partial charge on any atom is 0.407 e. The molecule has 0 aliphatic carbocycles. The molecule has 2 amide bonds. The van der Waals surface area contributed by atoms with E-state index in [0.29, 0.717) is 25.4 Å². The van der Waals surface area contributed by atoms with Crippen molar-refractivity contribution in [3.05, 3.63) is 35.4 Å². The van der Waals surface area contributed by atoms with Crippen molar-refractivity contribution in [1.29, 1.82) is 0 Å². The van der Waals surface area contributed by atoms with Gasteiger partial charge in [-0.25, -0.2) is 4.79 Å². The minimum atomic E-state index is -0.492. The van der Waals surface area contributed by atoms with Crippen LogP contribution in [0, 0.1) is 0 Å². The number of hydrogen-bond acceptors (Lipinski definition) is 3. The highest BCUT2D eigenvalue weighted by atomic mass is 16.6. The van der Waals surface area contributed by atoms with Gasteiger partial charge in [0.05, 0.1) is 0 Å². The molecule has 1 aromatic carbocycles. The van der Waals surface area contributed by atoms with E-state index in [1.54, 1.807) is 0 Å². The van der Waals surface area contributed by atoms with Crippen LogP contribution in [-0.4, -0.2) is 41.6 Å². The molecule has 1 aliphatic rings. The molecule has 0 atom stereocenters. The van der Waals surface area contributed by atoms with Gasteiger partial charge < -0.3 is 15.0 Å². The third-order valence-corrected chi connectivity index (χ3v) is 4.84. The lowest BCUT2D eigenvalue weighted by atomic mass is 10.00. The van der Waals surface area contributed by atoms with E-state index in [-0.39, 0.29) is 18.0 Å². The zero-order chi connectivity index (χ0) is 20.0. The van der Waals surface area contributed by atoms with Gasteiger partial charge in [-0.1, -0.05) is 38.1 Å². The Hall–Kier alpha value is -2.04. The summed E-state index contributed by atoms with van der Waals surface area (Å²) in [6.45, 7) is 11.3. The molecule has 0 radical (unpaired) electrons. The van der Waals surface area contributed by atoms with Gasteiger partial charge in [-0.2, -0.15) is 0 Å². The van der Waals surface area contributed by atoms with Crippen molar-refractivity contribution in [2.75, 3.05) is 13.1 Å². The third kappa shape index (κ3) is 7.24. The minimum absolute atomic E-state index is 0.0764. The fourth-order valence-electron chi connectivity index (χ4n) is 3.23. The van der Waals surface area contributed by atoms with Crippen molar-refractivity contribution in [1.82, 2.24) is 10.2 Å². The highest BCUT2D eigenvalue weighted by molar-refractivity contribution is 5.76. The number of nitrogens with one attached hydrogen (secondary N) is 1. The largest absolute Gasteiger partial charge is 0.444 e. The summed E-state index contributed by atoms with van der Waals surface area (Å²) in [5, 5.41) is 2.91. The van der Waals surface area contributed by atoms with E-state index >= 15 is 0 Å². The first-order valence-corrected chi connectivity index (χ1v) is 10.00. The number of likely N-dealkylation sites (tertiary alicyclic amines) is 1. The molecule has 0 saturated carbocycles. The van der Waals surface area contributed by atoms with Gasteiger partial charge in [0.2, 0.25) is 5.91 Å². The summed E-state index contributed by atoms with van der Waals surface area (Å²) in [6.07, 6.45) is 2.47. The van der Waals surface area contributed by atoms with E-state index in [9.17, 15) is 9.59 Å². The summed E-state index contributed by atoms with van der Waals surface area (Å²) in [5.41, 5.74) is 2.03. The smallest absolute Gasteiger partial charge is 0.407 e. The van der Waals surface area contributed by atoms with Gasteiger partial charge in [0.15, 0.2) is 0 Å².